The Balaban J connectivity index is 2.45. The van der Waals surface area contributed by atoms with E-state index < -0.39 is 10.8 Å². The zero-order valence-corrected chi connectivity index (χ0v) is 12.2. The summed E-state index contributed by atoms with van der Waals surface area (Å²) in [7, 11) is -0.832. The van der Waals surface area contributed by atoms with E-state index in [1.807, 2.05) is 0 Å². The first-order chi connectivity index (χ1) is 9.63. The molecule has 0 spiro atoms. The summed E-state index contributed by atoms with van der Waals surface area (Å²) in [5.41, 5.74) is 1.03. The Morgan fingerprint density at radius 2 is 2.30 bits per heavy atom. The Morgan fingerprint density at radius 3 is 2.90 bits per heavy atom. The van der Waals surface area contributed by atoms with Gasteiger partial charge in [-0.2, -0.15) is 0 Å². The molecule has 108 valence electrons. The standard InChI is InChI=1S/C14H18N2O3S/c1-20(19)10-4-8-15-14(18)13-7-6-12(11-16-13)5-2-3-9-17/h6-7,11,17H,3-4,8-10H2,1H3,(H,15,18). The molecule has 6 heteroatoms. The highest BCUT2D eigenvalue weighted by molar-refractivity contribution is 7.84. The fourth-order valence-electron chi connectivity index (χ4n) is 1.39. The highest BCUT2D eigenvalue weighted by Crippen LogP contribution is 1.99. The topological polar surface area (TPSA) is 79.3 Å². The van der Waals surface area contributed by atoms with Crippen LogP contribution >= 0.6 is 0 Å². The van der Waals surface area contributed by atoms with E-state index in [2.05, 4.69) is 22.1 Å². The van der Waals surface area contributed by atoms with Gasteiger partial charge in [-0.1, -0.05) is 11.8 Å². The van der Waals surface area contributed by atoms with E-state index in [1.54, 1.807) is 18.4 Å². The third-order valence-corrected chi connectivity index (χ3v) is 3.22. The van der Waals surface area contributed by atoms with Crippen molar-refractivity contribution in [2.45, 2.75) is 12.8 Å². The molecule has 1 rings (SSSR count). The van der Waals surface area contributed by atoms with Crippen LogP contribution in [0.5, 0.6) is 0 Å². The normalized spacial score (nSPS) is 11.3. The number of aliphatic hydroxyl groups excluding tert-OH is 1. The minimum atomic E-state index is -0.832. The van der Waals surface area contributed by atoms with E-state index in [4.69, 9.17) is 5.11 Å². The van der Waals surface area contributed by atoms with Crippen LogP contribution in [-0.4, -0.2) is 45.4 Å². The van der Waals surface area contributed by atoms with E-state index in [9.17, 15) is 9.00 Å². The summed E-state index contributed by atoms with van der Waals surface area (Å²) < 4.78 is 10.9. The van der Waals surface area contributed by atoms with Gasteiger partial charge in [0.05, 0.1) is 6.61 Å². The predicted molar refractivity (Wildman–Crippen MR) is 78.7 cm³/mol. The largest absolute Gasteiger partial charge is 0.395 e. The number of hydrogen-bond acceptors (Lipinski definition) is 4. The van der Waals surface area contributed by atoms with Crippen molar-refractivity contribution in [2.75, 3.05) is 25.2 Å². The van der Waals surface area contributed by atoms with E-state index in [-0.39, 0.29) is 12.5 Å². The van der Waals surface area contributed by atoms with Gasteiger partial charge in [-0.25, -0.2) is 4.98 Å². The summed E-state index contributed by atoms with van der Waals surface area (Å²) >= 11 is 0. The van der Waals surface area contributed by atoms with Gasteiger partial charge in [0.2, 0.25) is 0 Å². The molecule has 1 aromatic heterocycles. The third kappa shape index (κ3) is 6.45. The van der Waals surface area contributed by atoms with Crippen LogP contribution < -0.4 is 5.32 Å². The number of nitrogens with zero attached hydrogens (tertiary/aromatic N) is 1. The van der Waals surface area contributed by atoms with E-state index >= 15 is 0 Å². The number of aliphatic hydroxyl groups is 1. The van der Waals surface area contributed by atoms with Crippen LogP contribution in [0.15, 0.2) is 18.3 Å². The molecule has 2 N–H and O–H groups in total. The smallest absolute Gasteiger partial charge is 0.269 e. The fourth-order valence-corrected chi connectivity index (χ4v) is 1.94. The number of amides is 1. The molecule has 0 bridgehead atoms. The second-order valence-electron chi connectivity index (χ2n) is 4.09. The van der Waals surface area contributed by atoms with Crippen molar-refractivity contribution in [1.82, 2.24) is 10.3 Å². The van der Waals surface area contributed by atoms with Gasteiger partial charge in [-0.05, 0) is 18.6 Å². The van der Waals surface area contributed by atoms with Crippen LogP contribution in [0.25, 0.3) is 0 Å². The Bertz CT molecular complexity index is 517. The van der Waals surface area contributed by atoms with Crippen LogP contribution in [0.4, 0.5) is 0 Å². The van der Waals surface area contributed by atoms with Crippen molar-refractivity contribution in [3.63, 3.8) is 0 Å². The molecule has 0 radical (unpaired) electrons. The molecule has 1 heterocycles. The molecule has 0 aromatic carbocycles. The summed E-state index contributed by atoms with van der Waals surface area (Å²) in [6, 6.07) is 3.32. The molecule has 1 unspecified atom stereocenters. The Kier molecular flexibility index (Phi) is 7.55. The summed E-state index contributed by atoms with van der Waals surface area (Å²) in [6.45, 7) is 0.515. The van der Waals surface area contributed by atoms with Crippen molar-refractivity contribution in [3.05, 3.63) is 29.6 Å². The van der Waals surface area contributed by atoms with Crippen molar-refractivity contribution in [2.24, 2.45) is 0 Å². The van der Waals surface area contributed by atoms with Gasteiger partial charge in [0.1, 0.15) is 5.69 Å². The summed E-state index contributed by atoms with van der Waals surface area (Å²) in [6.07, 6.45) is 4.26. The lowest BCUT2D eigenvalue weighted by atomic mass is 10.2. The molecular formula is C14H18N2O3S. The average molecular weight is 294 g/mol. The molecule has 0 saturated heterocycles. The van der Waals surface area contributed by atoms with Gasteiger partial charge in [-0.15, -0.1) is 0 Å². The molecule has 0 aliphatic heterocycles. The van der Waals surface area contributed by atoms with Crippen molar-refractivity contribution < 1.29 is 14.1 Å². The number of carbonyl (C=O) groups is 1. The van der Waals surface area contributed by atoms with Crippen LogP contribution in [0.3, 0.4) is 0 Å². The zero-order valence-electron chi connectivity index (χ0n) is 11.4. The van der Waals surface area contributed by atoms with Gasteiger partial charge in [0, 0.05) is 47.5 Å². The summed E-state index contributed by atoms with van der Waals surface area (Å²) in [5.74, 6) is 5.95. The molecule has 0 aliphatic carbocycles. The van der Waals surface area contributed by atoms with Crippen molar-refractivity contribution in [1.29, 1.82) is 0 Å². The maximum atomic E-state index is 11.7. The molecule has 0 saturated carbocycles. The average Bonchev–Trinajstić information content (AvgIpc) is 2.44. The van der Waals surface area contributed by atoms with E-state index in [0.717, 1.165) is 0 Å². The van der Waals surface area contributed by atoms with E-state index in [0.29, 0.717) is 36.4 Å². The number of nitrogens with one attached hydrogen (secondary N) is 1. The number of pyridine rings is 1. The molecule has 1 atom stereocenters. The molecular weight excluding hydrogens is 276 g/mol. The second-order valence-corrected chi connectivity index (χ2v) is 5.65. The van der Waals surface area contributed by atoms with Gasteiger partial charge >= 0.3 is 0 Å². The maximum absolute atomic E-state index is 11.7. The van der Waals surface area contributed by atoms with Gasteiger partial charge in [-0.3, -0.25) is 9.00 Å². The van der Waals surface area contributed by atoms with Gasteiger partial charge in [0.25, 0.3) is 5.91 Å². The lowest BCUT2D eigenvalue weighted by molar-refractivity contribution is 0.0949. The second kappa shape index (κ2) is 9.23. The quantitative estimate of drug-likeness (QED) is 0.585. The molecule has 0 aliphatic rings. The van der Waals surface area contributed by atoms with Crippen LogP contribution in [-0.2, 0) is 10.8 Å². The number of rotatable bonds is 6. The van der Waals surface area contributed by atoms with E-state index in [1.165, 1.54) is 6.20 Å². The van der Waals surface area contributed by atoms with Gasteiger partial charge < -0.3 is 10.4 Å². The SMILES string of the molecule is CS(=O)CCCNC(=O)c1ccc(C#CCCO)cn1. The van der Waals surface area contributed by atoms with Gasteiger partial charge in [0.15, 0.2) is 0 Å². The summed E-state index contributed by atoms with van der Waals surface area (Å²) in [4.78, 5) is 15.8. The highest BCUT2D eigenvalue weighted by Gasteiger charge is 2.05. The Morgan fingerprint density at radius 1 is 1.50 bits per heavy atom. The number of hydrogen-bond donors (Lipinski definition) is 2. The Labute approximate surface area is 121 Å². The number of carbonyl (C=O) groups excluding carboxylic acids is 1. The van der Waals surface area contributed by atoms with Crippen LogP contribution in [0.2, 0.25) is 0 Å². The minimum Gasteiger partial charge on any atom is -0.395 e. The predicted octanol–water partition coefficient (Wildman–Crippen LogP) is 0.314. The maximum Gasteiger partial charge on any atom is 0.269 e. The molecule has 1 amide bonds. The first-order valence-electron chi connectivity index (χ1n) is 6.27. The highest BCUT2D eigenvalue weighted by atomic mass is 32.2. The van der Waals surface area contributed by atoms with Crippen molar-refractivity contribution >= 4 is 16.7 Å². The third-order valence-electron chi connectivity index (χ3n) is 2.36. The lowest BCUT2D eigenvalue weighted by Crippen LogP contribution is -2.26. The molecule has 0 fully saturated rings. The molecule has 5 nitrogen and oxygen atoms in total. The molecule has 1 aromatic rings. The first kappa shape index (κ1) is 16.3. The van der Waals surface area contributed by atoms with Crippen LogP contribution in [0.1, 0.15) is 28.9 Å². The minimum absolute atomic E-state index is 0.0312. The van der Waals surface area contributed by atoms with Crippen molar-refractivity contribution in [3.8, 4) is 11.8 Å². The Hall–Kier alpha value is -1.71. The number of aromatic nitrogens is 1. The zero-order chi connectivity index (χ0) is 14.8. The monoisotopic (exact) mass is 294 g/mol. The molecule has 20 heavy (non-hydrogen) atoms. The lowest BCUT2D eigenvalue weighted by Gasteiger charge is -2.03. The van der Waals surface area contributed by atoms with Crippen LogP contribution in [0, 0.1) is 11.8 Å². The summed E-state index contributed by atoms with van der Waals surface area (Å²) in [5, 5.41) is 11.3. The fraction of sp³-hybridized carbons (Fsp3) is 0.429. The first-order valence-corrected chi connectivity index (χ1v) is 8.00.